The van der Waals surface area contributed by atoms with Crippen molar-refractivity contribution in [2.24, 2.45) is 5.92 Å². The fraction of sp³-hybridized carbons (Fsp3) is 0.700. The molecule has 2 nitrogen and oxygen atoms in total. The summed E-state index contributed by atoms with van der Waals surface area (Å²) in [4.78, 5) is 0. The second-order valence-corrected chi connectivity index (χ2v) is 3.34. The van der Waals surface area contributed by atoms with Gasteiger partial charge in [-0.25, -0.2) is 0 Å². The summed E-state index contributed by atoms with van der Waals surface area (Å²) in [6.07, 6.45) is 8.61. The normalized spacial score (nSPS) is 20.2. The highest BCUT2D eigenvalue weighted by Gasteiger charge is 2.11. The standard InChI is InChI=1S/C10H16N2/c1-12-10(8-11)7-9-5-3-2-4-6-9/h7,9,12H,2-6H2,1H3. The molecule has 0 spiro atoms. The third-order valence-corrected chi connectivity index (χ3v) is 2.44. The van der Waals surface area contributed by atoms with Crippen molar-refractivity contribution in [1.82, 2.24) is 5.32 Å². The lowest BCUT2D eigenvalue weighted by Gasteiger charge is -2.18. The summed E-state index contributed by atoms with van der Waals surface area (Å²) >= 11 is 0. The molecule has 1 fully saturated rings. The van der Waals surface area contributed by atoms with Crippen molar-refractivity contribution < 1.29 is 0 Å². The van der Waals surface area contributed by atoms with Crippen LogP contribution in [0.2, 0.25) is 0 Å². The Morgan fingerprint density at radius 2 is 2.08 bits per heavy atom. The Morgan fingerprint density at radius 3 is 2.58 bits per heavy atom. The molecule has 1 aliphatic rings. The Hall–Kier alpha value is -0.970. The molecule has 0 saturated heterocycles. The smallest absolute Gasteiger partial charge is 0.117 e. The maximum atomic E-state index is 8.68. The van der Waals surface area contributed by atoms with Gasteiger partial charge in [0.1, 0.15) is 11.8 Å². The van der Waals surface area contributed by atoms with Gasteiger partial charge in [-0.3, -0.25) is 0 Å². The lowest BCUT2D eigenvalue weighted by molar-refractivity contribution is 0.417. The first-order chi connectivity index (χ1) is 5.86. The molecule has 0 aromatic rings. The van der Waals surface area contributed by atoms with Gasteiger partial charge >= 0.3 is 0 Å². The molecule has 66 valence electrons. The van der Waals surface area contributed by atoms with E-state index in [0.29, 0.717) is 5.92 Å². The van der Waals surface area contributed by atoms with Crippen LogP contribution >= 0.6 is 0 Å². The van der Waals surface area contributed by atoms with Crippen LogP contribution in [0.25, 0.3) is 0 Å². The van der Waals surface area contributed by atoms with Gasteiger partial charge in [-0.1, -0.05) is 19.3 Å². The van der Waals surface area contributed by atoms with Crippen LogP contribution < -0.4 is 5.32 Å². The molecule has 0 aromatic heterocycles. The number of rotatable bonds is 2. The Morgan fingerprint density at radius 1 is 1.42 bits per heavy atom. The highest BCUT2D eigenvalue weighted by molar-refractivity contribution is 5.18. The van der Waals surface area contributed by atoms with Gasteiger partial charge in [0.25, 0.3) is 0 Å². The van der Waals surface area contributed by atoms with E-state index in [2.05, 4.69) is 17.5 Å². The summed E-state index contributed by atoms with van der Waals surface area (Å²) in [6, 6.07) is 2.15. The van der Waals surface area contributed by atoms with E-state index in [1.165, 1.54) is 32.1 Å². The van der Waals surface area contributed by atoms with Crippen LogP contribution in [0.15, 0.2) is 11.8 Å². The topological polar surface area (TPSA) is 35.8 Å². The summed E-state index contributed by atoms with van der Waals surface area (Å²) in [5, 5.41) is 11.6. The molecule has 1 N–H and O–H groups in total. The summed E-state index contributed by atoms with van der Waals surface area (Å²) in [7, 11) is 1.80. The minimum Gasteiger partial charge on any atom is -0.380 e. The molecule has 0 amide bonds. The molecule has 1 saturated carbocycles. The molecule has 0 aliphatic heterocycles. The molecule has 2 heteroatoms. The lowest BCUT2D eigenvalue weighted by Crippen LogP contribution is -2.09. The Labute approximate surface area is 74.3 Å². The zero-order valence-electron chi connectivity index (χ0n) is 7.64. The zero-order chi connectivity index (χ0) is 8.81. The molecule has 12 heavy (non-hydrogen) atoms. The van der Waals surface area contributed by atoms with Crippen molar-refractivity contribution in [3.05, 3.63) is 11.8 Å². The molecular weight excluding hydrogens is 148 g/mol. The largest absolute Gasteiger partial charge is 0.380 e. The van der Waals surface area contributed by atoms with Gasteiger partial charge in [0, 0.05) is 7.05 Å². The predicted octanol–water partition coefficient (Wildman–Crippen LogP) is 2.19. The molecule has 0 atom stereocenters. The first-order valence-electron chi connectivity index (χ1n) is 4.66. The van der Waals surface area contributed by atoms with E-state index in [0.717, 1.165) is 5.70 Å². The van der Waals surface area contributed by atoms with E-state index in [1.54, 1.807) is 7.05 Å². The SMILES string of the molecule is CNC(C#N)=CC1CCCCC1. The van der Waals surface area contributed by atoms with Gasteiger partial charge in [-0.15, -0.1) is 0 Å². The molecule has 0 unspecified atom stereocenters. The number of hydrogen-bond acceptors (Lipinski definition) is 2. The van der Waals surface area contributed by atoms with Crippen LogP contribution in [0.4, 0.5) is 0 Å². The Kier molecular flexibility index (Phi) is 3.66. The Bertz CT molecular complexity index is 194. The number of nitrogens with zero attached hydrogens (tertiary/aromatic N) is 1. The second-order valence-electron chi connectivity index (χ2n) is 3.34. The van der Waals surface area contributed by atoms with Crippen molar-refractivity contribution in [1.29, 1.82) is 5.26 Å². The highest BCUT2D eigenvalue weighted by Crippen LogP contribution is 2.24. The van der Waals surface area contributed by atoms with E-state index in [9.17, 15) is 0 Å². The summed E-state index contributed by atoms with van der Waals surface area (Å²) in [5.74, 6) is 0.640. The first-order valence-corrected chi connectivity index (χ1v) is 4.66. The molecule has 0 heterocycles. The summed E-state index contributed by atoms with van der Waals surface area (Å²) < 4.78 is 0. The Balaban J connectivity index is 2.46. The number of allylic oxidation sites excluding steroid dienone is 2. The van der Waals surface area contributed by atoms with E-state index in [4.69, 9.17) is 5.26 Å². The average Bonchev–Trinajstić information content (AvgIpc) is 2.16. The maximum absolute atomic E-state index is 8.68. The minimum atomic E-state index is 0.640. The van der Waals surface area contributed by atoms with Crippen molar-refractivity contribution in [3.63, 3.8) is 0 Å². The number of hydrogen-bond donors (Lipinski definition) is 1. The van der Waals surface area contributed by atoms with Gasteiger partial charge in [0.05, 0.1) is 0 Å². The third-order valence-electron chi connectivity index (χ3n) is 2.44. The summed E-state index contributed by atoms with van der Waals surface area (Å²) in [6.45, 7) is 0. The van der Waals surface area contributed by atoms with Crippen LogP contribution in [0.1, 0.15) is 32.1 Å². The van der Waals surface area contributed by atoms with Crippen LogP contribution in [-0.4, -0.2) is 7.05 Å². The zero-order valence-corrected chi connectivity index (χ0v) is 7.64. The van der Waals surface area contributed by atoms with Gasteiger partial charge < -0.3 is 5.32 Å². The van der Waals surface area contributed by atoms with Crippen LogP contribution in [0, 0.1) is 17.2 Å². The number of nitriles is 1. The quantitative estimate of drug-likeness (QED) is 0.635. The molecular formula is C10H16N2. The monoisotopic (exact) mass is 164 g/mol. The molecule has 0 bridgehead atoms. The third kappa shape index (κ3) is 2.58. The second kappa shape index (κ2) is 4.82. The van der Waals surface area contributed by atoms with Crippen molar-refractivity contribution in [2.45, 2.75) is 32.1 Å². The lowest BCUT2D eigenvalue weighted by atomic mass is 9.89. The molecule has 0 radical (unpaired) electrons. The van der Waals surface area contributed by atoms with E-state index < -0.39 is 0 Å². The van der Waals surface area contributed by atoms with Crippen LogP contribution in [0.3, 0.4) is 0 Å². The van der Waals surface area contributed by atoms with E-state index in [-0.39, 0.29) is 0 Å². The van der Waals surface area contributed by atoms with Gasteiger partial charge in [-0.05, 0) is 24.8 Å². The highest BCUT2D eigenvalue weighted by atomic mass is 14.8. The molecule has 0 aromatic carbocycles. The van der Waals surface area contributed by atoms with Gasteiger partial charge in [0.15, 0.2) is 0 Å². The van der Waals surface area contributed by atoms with E-state index >= 15 is 0 Å². The molecule has 1 aliphatic carbocycles. The predicted molar refractivity (Wildman–Crippen MR) is 49.3 cm³/mol. The average molecular weight is 164 g/mol. The molecule has 1 rings (SSSR count). The minimum absolute atomic E-state index is 0.640. The fourth-order valence-corrected chi connectivity index (χ4v) is 1.71. The van der Waals surface area contributed by atoms with Crippen molar-refractivity contribution >= 4 is 0 Å². The van der Waals surface area contributed by atoms with Crippen molar-refractivity contribution in [3.8, 4) is 6.07 Å². The van der Waals surface area contributed by atoms with Gasteiger partial charge in [0.2, 0.25) is 0 Å². The van der Waals surface area contributed by atoms with Crippen LogP contribution in [0.5, 0.6) is 0 Å². The van der Waals surface area contributed by atoms with Crippen LogP contribution in [-0.2, 0) is 0 Å². The van der Waals surface area contributed by atoms with Crippen molar-refractivity contribution in [2.75, 3.05) is 7.05 Å². The van der Waals surface area contributed by atoms with E-state index in [1.807, 2.05) is 0 Å². The first kappa shape index (κ1) is 9.12. The van der Waals surface area contributed by atoms with Gasteiger partial charge in [-0.2, -0.15) is 5.26 Å². The maximum Gasteiger partial charge on any atom is 0.117 e. The fourth-order valence-electron chi connectivity index (χ4n) is 1.71. The number of nitrogens with one attached hydrogen (secondary N) is 1. The summed E-state index contributed by atoms with van der Waals surface area (Å²) in [5.41, 5.74) is 0.724.